The average molecular weight is 578 g/mol. The topological polar surface area (TPSA) is 52.7 Å². The number of fused-ring (bicyclic) bond motifs is 1. The van der Waals surface area contributed by atoms with Crippen LogP contribution in [0.4, 0.5) is 4.39 Å². The van der Waals surface area contributed by atoms with Gasteiger partial charge >= 0.3 is 0 Å². The van der Waals surface area contributed by atoms with Crippen molar-refractivity contribution in [3.05, 3.63) is 118 Å². The van der Waals surface area contributed by atoms with Crippen LogP contribution < -0.4 is 5.56 Å². The van der Waals surface area contributed by atoms with E-state index in [0.717, 1.165) is 26.7 Å². The van der Waals surface area contributed by atoms with Crippen molar-refractivity contribution >= 4 is 33.6 Å². The van der Waals surface area contributed by atoms with E-state index in [0.29, 0.717) is 27.9 Å². The van der Waals surface area contributed by atoms with E-state index in [2.05, 4.69) is 32.6 Å². The fraction of sp³-hybridized carbons (Fsp3) is 0.179. The molecule has 5 aromatic rings. The van der Waals surface area contributed by atoms with E-state index in [4.69, 9.17) is 0 Å². The number of imidazole rings is 1. The lowest BCUT2D eigenvalue weighted by atomic mass is 9.85. The number of rotatable bonds is 5. The van der Waals surface area contributed by atoms with Crippen LogP contribution in [0.2, 0.25) is 0 Å². The molecule has 0 spiro atoms. The predicted octanol–water partition coefficient (Wildman–Crippen LogP) is 5.84. The second kappa shape index (κ2) is 9.03. The van der Waals surface area contributed by atoms with Gasteiger partial charge in [-0.05, 0) is 35.2 Å². The predicted molar refractivity (Wildman–Crippen MR) is 146 cm³/mol. The molecule has 176 valence electrons. The first-order chi connectivity index (χ1) is 16.8. The minimum Gasteiger partial charge on any atom is -0.334 e. The van der Waals surface area contributed by atoms with E-state index in [1.807, 2.05) is 61.5 Å². The van der Waals surface area contributed by atoms with Crippen LogP contribution in [-0.4, -0.2) is 19.1 Å². The molecule has 2 aromatic carbocycles. The standard InChI is InChI=1S/C28H24FIN4O/c1-18-5-4-6-20(11-18)23-13-26(35)34(3)27-24(23)12-22(15-32-27)28(29,25-16-31-17-33(25)2)21-9-7-19(14-30)8-10-21/h4-13,15-17H,14H2,1-3H3/t28-/m1/s1. The van der Waals surface area contributed by atoms with E-state index in [1.165, 1.54) is 10.8 Å². The van der Waals surface area contributed by atoms with E-state index >= 15 is 4.39 Å². The highest BCUT2D eigenvalue weighted by molar-refractivity contribution is 14.1. The summed E-state index contributed by atoms with van der Waals surface area (Å²) in [6.45, 7) is 2.00. The lowest BCUT2D eigenvalue weighted by Crippen LogP contribution is -2.27. The molecule has 0 N–H and O–H groups in total. The summed E-state index contributed by atoms with van der Waals surface area (Å²) < 4.78 is 21.5. The molecule has 0 unspecified atom stereocenters. The Balaban J connectivity index is 1.82. The number of nitrogens with zero attached hydrogens (tertiary/aromatic N) is 4. The van der Waals surface area contributed by atoms with Crippen molar-refractivity contribution in [3.8, 4) is 11.1 Å². The molecule has 0 aliphatic rings. The smallest absolute Gasteiger partial charge is 0.252 e. The summed E-state index contributed by atoms with van der Waals surface area (Å²) in [5.41, 5.74) is 3.45. The summed E-state index contributed by atoms with van der Waals surface area (Å²) in [5.74, 6) is 0. The van der Waals surface area contributed by atoms with Gasteiger partial charge in [0, 0.05) is 41.7 Å². The third kappa shape index (κ3) is 3.97. The summed E-state index contributed by atoms with van der Waals surface area (Å²) in [4.78, 5) is 21.5. The van der Waals surface area contributed by atoms with Gasteiger partial charge in [0.1, 0.15) is 5.65 Å². The molecule has 0 fully saturated rings. The zero-order valence-corrected chi connectivity index (χ0v) is 21.8. The van der Waals surface area contributed by atoms with Gasteiger partial charge in [0.15, 0.2) is 0 Å². The van der Waals surface area contributed by atoms with Crippen LogP contribution in [0.1, 0.15) is 27.9 Å². The second-order valence-electron chi connectivity index (χ2n) is 8.80. The van der Waals surface area contributed by atoms with E-state index < -0.39 is 5.67 Å². The minimum atomic E-state index is -1.99. The number of alkyl halides is 2. The fourth-order valence-electron chi connectivity index (χ4n) is 4.54. The molecule has 3 heterocycles. The van der Waals surface area contributed by atoms with Crippen molar-refractivity contribution in [1.29, 1.82) is 0 Å². The number of hydrogen-bond acceptors (Lipinski definition) is 3. The molecule has 0 radical (unpaired) electrons. The van der Waals surface area contributed by atoms with Crippen LogP contribution in [0.25, 0.3) is 22.2 Å². The highest BCUT2D eigenvalue weighted by atomic mass is 127. The van der Waals surface area contributed by atoms with Gasteiger partial charge in [0.2, 0.25) is 5.67 Å². The van der Waals surface area contributed by atoms with E-state index in [9.17, 15) is 4.79 Å². The Morgan fingerprint density at radius 2 is 1.77 bits per heavy atom. The van der Waals surface area contributed by atoms with Crippen LogP contribution in [0.3, 0.4) is 0 Å². The zero-order chi connectivity index (χ0) is 24.7. The van der Waals surface area contributed by atoms with Crippen LogP contribution in [-0.2, 0) is 24.2 Å². The van der Waals surface area contributed by atoms with Gasteiger partial charge in [-0.3, -0.25) is 9.36 Å². The number of benzene rings is 2. The molecular weight excluding hydrogens is 554 g/mol. The van der Waals surface area contributed by atoms with Crippen LogP contribution in [0.15, 0.2) is 84.2 Å². The van der Waals surface area contributed by atoms with Crippen molar-refractivity contribution < 1.29 is 4.39 Å². The summed E-state index contributed by atoms with van der Waals surface area (Å²) in [5, 5.41) is 0.711. The summed E-state index contributed by atoms with van der Waals surface area (Å²) in [6, 6.07) is 18.9. The zero-order valence-electron chi connectivity index (χ0n) is 19.7. The Hall–Kier alpha value is -3.33. The maximum absolute atomic E-state index is 17.5. The van der Waals surface area contributed by atoms with Crippen molar-refractivity contribution in [2.45, 2.75) is 17.0 Å². The summed E-state index contributed by atoms with van der Waals surface area (Å²) in [6.07, 6.45) is 4.68. The summed E-state index contributed by atoms with van der Waals surface area (Å²) in [7, 11) is 3.47. The van der Waals surface area contributed by atoms with Gasteiger partial charge in [-0.1, -0.05) is 76.7 Å². The quantitative estimate of drug-likeness (QED) is 0.195. The SMILES string of the molecule is Cc1cccc(-c2cc(=O)n(C)c3ncc([C@](F)(c4ccc(CI)cc4)c4cncn4C)cc23)c1. The molecule has 0 saturated heterocycles. The Morgan fingerprint density at radius 3 is 2.43 bits per heavy atom. The molecule has 0 aliphatic heterocycles. The molecule has 7 heteroatoms. The summed E-state index contributed by atoms with van der Waals surface area (Å²) >= 11 is 2.29. The van der Waals surface area contributed by atoms with Gasteiger partial charge in [-0.2, -0.15) is 0 Å². The largest absolute Gasteiger partial charge is 0.334 e. The number of aromatic nitrogens is 4. The molecule has 5 nitrogen and oxygen atoms in total. The van der Waals surface area contributed by atoms with Crippen molar-refractivity contribution in [2.75, 3.05) is 0 Å². The Bertz CT molecular complexity index is 1610. The van der Waals surface area contributed by atoms with Gasteiger partial charge in [-0.25, -0.2) is 14.4 Å². The molecule has 3 aromatic heterocycles. The number of hydrogen-bond donors (Lipinski definition) is 0. The van der Waals surface area contributed by atoms with Crippen LogP contribution in [0, 0.1) is 6.92 Å². The Labute approximate surface area is 216 Å². The maximum Gasteiger partial charge on any atom is 0.252 e. The third-order valence-electron chi connectivity index (χ3n) is 6.48. The molecular formula is C28H24FIN4O. The Morgan fingerprint density at radius 1 is 1.00 bits per heavy atom. The van der Waals surface area contributed by atoms with Gasteiger partial charge in [0.05, 0.1) is 18.2 Å². The highest BCUT2D eigenvalue weighted by Gasteiger charge is 2.40. The molecule has 0 saturated carbocycles. The number of pyridine rings is 2. The first-order valence-corrected chi connectivity index (χ1v) is 12.7. The molecule has 35 heavy (non-hydrogen) atoms. The van der Waals surface area contributed by atoms with Crippen LogP contribution in [0.5, 0.6) is 0 Å². The first-order valence-electron chi connectivity index (χ1n) is 11.2. The molecule has 1 atom stereocenters. The monoisotopic (exact) mass is 578 g/mol. The molecule has 0 aliphatic carbocycles. The van der Waals surface area contributed by atoms with Crippen LogP contribution >= 0.6 is 22.6 Å². The minimum absolute atomic E-state index is 0.165. The maximum atomic E-state index is 17.5. The average Bonchev–Trinajstić information content (AvgIpc) is 3.31. The van der Waals surface area contributed by atoms with Gasteiger partial charge in [0.25, 0.3) is 5.56 Å². The molecule has 0 amide bonds. The fourth-order valence-corrected chi connectivity index (χ4v) is 5.05. The Kier molecular flexibility index (Phi) is 6.04. The van der Waals surface area contributed by atoms with Crippen molar-refractivity contribution in [1.82, 2.24) is 19.1 Å². The van der Waals surface area contributed by atoms with Gasteiger partial charge in [-0.15, -0.1) is 0 Å². The molecule has 5 rings (SSSR count). The van der Waals surface area contributed by atoms with E-state index in [1.54, 1.807) is 37.3 Å². The lowest BCUT2D eigenvalue weighted by Gasteiger charge is -2.27. The van der Waals surface area contributed by atoms with E-state index in [-0.39, 0.29) is 5.56 Å². The number of halogens is 2. The second-order valence-corrected chi connectivity index (χ2v) is 9.56. The highest BCUT2D eigenvalue weighted by Crippen LogP contribution is 2.42. The lowest BCUT2D eigenvalue weighted by molar-refractivity contribution is 0.266. The van der Waals surface area contributed by atoms with Crippen molar-refractivity contribution in [3.63, 3.8) is 0 Å². The third-order valence-corrected chi connectivity index (χ3v) is 7.36. The van der Waals surface area contributed by atoms with Crippen molar-refractivity contribution in [2.24, 2.45) is 14.1 Å². The normalized spacial score (nSPS) is 13.2. The first kappa shape index (κ1) is 23.4. The molecule has 0 bridgehead atoms. The number of aryl methyl sites for hydroxylation is 3. The van der Waals surface area contributed by atoms with Gasteiger partial charge < -0.3 is 4.57 Å².